The summed E-state index contributed by atoms with van der Waals surface area (Å²) in [5, 5.41) is 4.18. The van der Waals surface area contributed by atoms with E-state index in [0.717, 1.165) is 55.1 Å². The van der Waals surface area contributed by atoms with Gasteiger partial charge in [-0.05, 0) is 62.8 Å². The van der Waals surface area contributed by atoms with Crippen LogP contribution >= 0.6 is 0 Å². The Bertz CT molecular complexity index is 1220. The Kier molecular flexibility index (Phi) is 7.44. The summed E-state index contributed by atoms with van der Waals surface area (Å²) in [6.07, 6.45) is 1.95. The smallest absolute Gasteiger partial charge is 0.381 e. The molecule has 10 heteroatoms. The fraction of sp³-hybridized carbons (Fsp3) is 0.462. The molecule has 4 heterocycles. The zero-order valence-corrected chi connectivity index (χ0v) is 20.8. The first-order valence-electron chi connectivity index (χ1n) is 11.9. The number of carbonyl (C=O) groups excluding carboxylic acids is 1. The first kappa shape index (κ1) is 25.8. The minimum absolute atomic E-state index is 0.144. The predicted octanol–water partition coefficient (Wildman–Crippen LogP) is 4.97. The molecule has 0 aromatic carbocycles. The monoisotopic (exact) mass is 501 g/mol. The summed E-state index contributed by atoms with van der Waals surface area (Å²) >= 11 is 0. The molecule has 1 aliphatic heterocycles. The topological polar surface area (TPSA) is 73.1 Å². The average Bonchev–Trinajstić information content (AvgIpc) is 3.24. The van der Waals surface area contributed by atoms with Gasteiger partial charge in [0.15, 0.2) is 11.6 Å². The number of piperidine rings is 1. The molecule has 0 aliphatic carbocycles. The number of ether oxygens (including phenoxy) is 1. The van der Waals surface area contributed by atoms with Crippen molar-refractivity contribution in [3.63, 3.8) is 0 Å². The van der Waals surface area contributed by atoms with E-state index in [2.05, 4.69) is 26.9 Å². The second-order valence-electron chi connectivity index (χ2n) is 9.31. The highest BCUT2D eigenvalue weighted by atomic mass is 19.4. The quantitative estimate of drug-likeness (QED) is 0.426. The van der Waals surface area contributed by atoms with Gasteiger partial charge in [-0.25, -0.2) is 14.6 Å². The third-order valence-corrected chi connectivity index (χ3v) is 6.95. The molecule has 0 N–H and O–H groups in total. The van der Waals surface area contributed by atoms with Gasteiger partial charge in [-0.15, -0.1) is 0 Å². The molecule has 0 amide bonds. The fourth-order valence-corrected chi connectivity index (χ4v) is 4.70. The van der Waals surface area contributed by atoms with Gasteiger partial charge in [-0.2, -0.15) is 18.3 Å². The minimum Gasteiger partial charge on any atom is -0.381 e. The van der Waals surface area contributed by atoms with E-state index in [1.165, 1.54) is 16.9 Å². The summed E-state index contributed by atoms with van der Waals surface area (Å²) in [7, 11) is 1.75. The maximum absolute atomic E-state index is 13.0. The number of hydrogen-bond acceptors (Lipinski definition) is 6. The van der Waals surface area contributed by atoms with Gasteiger partial charge in [0.25, 0.3) is 0 Å². The number of anilines is 1. The van der Waals surface area contributed by atoms with E-state index in [9.17, 15) is 18.0 Å². The molecule has 0 radical (unpaired) electrons. The lowest BCUT2D eigenvalue weighted by Gasteiger charge is -2.35. The number of ketones is 1. The minimum atomic E-state index is -4.47. The highest BCUT2D eigenvalue weighted by Crippen LogP contribution is 2.29. The number of nitrogens with zero attached hydrogens (tertiary/aromatic N) is 5. The summed E-state index contributed by atoms with van der Waals surface area (Å²) < 4.78 is 45.3. The molecule has 1 aliphatic rings. The van der Waals surface area contributed by atoms with Crippen LogP contribution in [0.2, 0.25) is 0 Å². The largest absolute Gasteiger partial charge is 0.417 e. The molecule has 0 bridgehead atoms. The first-order valence-corrected chi connectivity index (χ1v) is 11.9. The van der Waals surface area contributed by atoms with Crippen LogP contribution in [0.15, 0.2) is 36.8 Å². The highest BCUT2D eigenvalue weighted by molar-refractivity contribution is 5.98. The van der Waals surface area contributed by atoms with Crippen LogP contribution in [0, 0.1) is 19.8 Å². The number of hydrogen-bond donors (Lipinski definition) is 0. The van der Waals surface area contributed by atoms with Gasteiger partial charge in [0.05, 0.1) is 29.1 Å². The number of rotatable bonds is 7. The molecule has 0 saturated carbocycles. The molecule has 0 spiro atoms. The van der Waals surface area contributed by atoms with Crippen LogP contribution in [0.3, 0.4) is 0 Å². The summed E-state index contributed by atoms with van der Waals surface area (Å²) in [4.78, 5) is 23.8. The second-order valence-corrected chi connectivity index (χ2v) is 9.31. The number of alkyl halides is 3. The van der Waals surface area contributed by atoms with Crippen molar-refractivity contribution in [3.05, 3.63) is 64.7 Å². The van der Waals surface area contributed by atoms with Crippen LogP contribution in [0.4, 0.5) is 19.0 Å². The average molecular weight is 502 g/mol. The van der Waals surface area contributed by atoms with Crippen molar-refractivity contribution >= 4 is 11.6 Å². The van der Waals surface area contributed by atoms with Crippen molar-refractivity contribution in [2.45, 2.75) is 52.3 Å². The molecule has 3 aromatic heterocycles. The van der Waals surface area contributed by atoms with E-state index in [1.54, 1.807) is 20.2 Å². The number of methoxy groups -OCH3 is 1. The molecule has 36 heavy (non-hydrogen) atoms. The maximum atomic E-state index is 13.0. The Hall–Kier alpha value is -3.27. The number of aryl methyl sites for hydroxylation is 1. The number of halogens is 3. The maximum Gasteiger partial charge on any atom is 0.417 e. The molecule has 1 unspecified atom stereocenters. The fourth-order valence-electron chi connectivity index (χ4n) is 4.70. The summed E-state index contributed by atoms with van der Waals surface area (Å²) in [6.45, 7) is 7.64. The van der Waals surface area contributed by atoms with Crippen molar-refractivity contribution in [2.75, 3.05) is 25.1 Å². The van der Waals surface area contributed by atoms with Gasteiger partial charge >= 0.3 is 6.18 Å². The molecule has 7 nitrogen and oxygen atoms in total. The normalized spacial score (nSPS) is 15.8. The Morgan fingerprint density at radius 1 is 1.14 bits per heavy atom. The number of carbonyl (C=O) groups is 1. The van der Waals surface area contributed by atoms with Crippen LogP contribution in [0.1, 0.15) is 52.5 Å². The van der Waals surface area contributed by atoms with Crippen molar-refractivity contribution < 1.29 is 22.7 Å². The first-order chi connectivity index (χ1) is 17.1. The van der Waals surface area contributed by atoms with E-state index >= 15 is 0 Å². The van der Waals surface area contributed by atoms with Crippen LogP contribution < -0.4 is 4.90 Å². The van der Waals surface area contributed by atoms with Crippen molar-refractivity contribution in [3.8, 4) is 5.82 Å². The van der Waals surface area contributed by atoms with Gasteiger partial charge in [-0.1, -0.05) is 6.07 Å². The van der Waals surface area contributed by atoms with E-state index in [4.69, 9.17) is 4.74 Å². The standard InChI is InChI=1S/C26H30F3N5O2/c1-16-11-19(13-31-25(16)33-9-7-20(8-10-33)18(3)36-4)12-23(35)22-15-32-34(17(22)2)24-6-5-21(14-30-24)26(27,28)29/h5-6,11,13-15,18,20H,7-10,12H2,1-4H3. The van der Waals surface area contributed by atoms with Crippen LogP contribution in [0.25, 0.3) is 5.82 Å². The Morgan fingerprint density at radius 2 is 1.86 bits per heavy atom. The van der Waals surface area contributed by atoms with Crippen LogP contribution in [0.5, 0.6) is 0 Å². The predicted molar refractivity (Wildman–Crippen MR) is 130 cm³/mol. The molecule has 4 rings (SSSR count). The Balaban J connectivity index is 1.43. The lowest BCUT2D eigenvalue weighted by atomic mass is 9.92. The summed E-state index contributed by atoms with van der Waals surface area (Å²) in [5.74, 6) is 1.55. The third kappa shape index (κ3) is 5.43. The van der Waals surface area contributed by atoms with Crippen LogP contribution in [-0.4, -0.2) is 51.8 Å². The van der Waals surface area contributed by atoms with E-state index < -0.39 is 11.7 Å². The number of aromatic nitrogens is 4. The van der Waals surface area contributed by atoms with Gasteiger partial charge < -0.3 is 9.64 Å². The molecular weight excluding hydrogens is 471 g/mol. The van der Waals surface area contributed by atoms with E-state index in [1.807, 2.05) is 13.0 Å². The van der Waals surface area contributed by atoms with Crippen LogP contribution in [-0.2, 0) is 17.3 Å². The Labute approximate surface area is 208 Å². The zero-order valence-electron chi connectivity index (χ0n) is 20.8. The molecule has 3 aromatic rings. The lowest BCUT2D eigenvalue weighted by Crippen LogP contribution is -2.38. The number of Topliss-reactive ketones (excluding diaryl/α,β-unsaturated/α-hetero) is 1. The van der Waals surface area contributed by atoms with Gasteiger partial charge in [0, 0.05) is 39.0 Å². The zero-order chi connectivity index (χ0) is 26.0. The van der Waals surface area contributed by atoms with Gasteiger partial charge in [-0.3, -0.25) is 4.79 Å². The van der Waals surface area contributed by atoms with Gasteiger partial charge in [0.1, 0.15) is 5.82 Å². The SMILES string of the molecule is COC(C)C1CCN(c2ncc(CC(=O)c3cnn(-c4ccc(C(F)(F)F)cn4)c3C)cc2C)CC1. The van der Waals surface area contributed by atoms with Crippen molar-refractivity contribution in [2.24, 2.45) is 5.92 Å². The highest BCUT2D eigenvalue weighted by Gasteiger charge is 2.31. The van der Waals surface area contributed by atoms with Crippen molar-refractivity contribution in [1.29, 1.82) is 0 Å². The molecule has 1 saturated heterocycles. The third-order valence-electron chi connectivity index (χ3n) is 6.95. The summed E-state index contributed by atoms with van der Waals surface area (Å²) in [5.41, 5.74) is 1.88. The lowest BCUT2D eigenvalue weighted by molar-refractivity contribution is -0.137. The molecule has 1 fully saturated rings. The molecular formula is C26H30F3N5O2. The van der Waals surface area contributed by atoms with Crippen molar-refractivity contribution in [1.82, 2.24) is 19.7 Å². The van der Waals surface area contributed by atoms with E-state index in [0.29, 0.717) is 17.2 Å². The van der Waals surface area contributed by atoms with E-state index in [-0.39, 0.29) is 24.1 Å². The number of pyridine rings is 2. The summed E-state index contributed by atoms with van der Waals surface area (Å²) in [6, 6.07) is 4.17. The molecule has 1 atom stereocenters. The molecule has 192 valence electrons. The van der Waals surface area contributed by atoms with Gasteiger partial charge in [0.2, 0.25) is 0 Å². The Morgan fingerprint density at radius 3 is 2.44 bits per heavy atom. The second kappa shape index (κ2) is 10.4.